The minimum atomic E-state index is -3.66. The molecule has 0 radical (unpaired) electrons. The lowest BCUT2D eigenvalue weighted by Gasteiger charge is -2.07. The van der Waals surface area contributed by atoms with Crippen molar-refractivity contribution in [2.24, 2.45) is 0 Å². The summed E-state index contributed by atoms with van der Waals surface area (Å²) < 4.78 is 27.0. The number of nitrogens with one attached hydrogen (secondary N) is 2. The molecule has 0 aliphatic rings. The van der Waals surface area contributed by atoms with Crippen molar-refractivity contribution in [1.29, 1.82) is 0 Å². The van der Waals surface area contributed by atoms with Gasteiger partial charge >= 0.3 is 0 Å². The van der Waals surface area contributed by atoms with Crippen LogP contribution in [0.4, 0.5) is 5.69 Å². The van der Waals surface area contributed by atoms with Crippen LogP contribution in [0.3, 0.4) is 0 Å². The van der Waals surface area contributed by atoms with Gasteiger partial charge in [-0.1, -0.05) is 17.7 Å². The van der Waals surface area contributed by atoms with Crippen molar-refractivity contribution < 1.29 is 13.2 Å². The molecule has 8 heteroatoms. The predicted octanol–water partition coefficient (Wildman–Crippen LogP) is 2.74. The highest BCUT2D eigenvalue weighted by atomic mass is 79.9. The Morgan fingerprint density at radius 3 is 2.43 bits per heavy atom. The highest BCUT2D eigenvalue weighted by Gasteiger charge is 2.17. The Bertz CT molecular complexity index is 739. The molecule has 0 spiro atoms. The van der Waals surface area contributed by atoms with Gasteiger partial charge < -0.3 is 5.32 Å². The number of anilines is 1. The molecular formula is C13H13BrN2O3S2. The van der Waals surface area contributed by atoms with Crippen LogP contribution in [0.5, 0.6) is 0 Å². The minimum Gasteiger partial charge on any atom is -0.325 e. The first kappa shape index (κ1) is 16.2. The molecule has 0 aliphatic carbocycles. The topological polar surface area (TPSA) is 75.3 Å². The number of thiophene rings is 1. The molecule has 0 saturated heterocycles. The van der Waals surface area contributed by atoms with Crippen molar-refractivity contribution >= 4 is 48.9 Å². The van der Waals surface area contributed by atoms with Crippen LogP contribution in [0.1, 0.15) is 5.56 Å². The Morgan fingerprint density at radius 2 is 1.86 bits per heavy atom. The van der Waals surface area contributed by atoms with E-state index in [2.05, 4.69) is 26.0 Å². The number of rotatable bonds is 5. The van der Waals surface area contributed by atoms with E-state index in [-0.39, 0.29) is 10.8 Å². The summed E-state index contributed by atoms with van der Waals surface area (Å²) in [4.78, 5) is 11.7. The Balaban J connectivity index is 1.93. The van der Waals surface area contributed by atoms with Crippen molar-refractivity contribution in [3.8, 4) is 0 Å². The molecule has 0 fully saturated rings. The Hall–Kier alpha value is -1.22. The number of hydrogen-bond donors (Lipinski definition) is 2. The fraction of sp³-hybridized carbons (Fsp3) is 0.154. The molecule has 2 N–H and O–H groups in total. The van der Waals surface area contributed by atoms with Crippen LogP contribution >= 0.6 is 27.3 Å². The quantitative estimate of drug-likeness (QED) is 0.826. The van der Waals surface area contributed by atoms with Crippen molar-refractivity contribution in [3.05, 3.63) is 45.7 Å². The lowest BCUT2D eigenvalue weighted by Crippen LogP contribution is -2.32. The van der Waals surface area contributed by atoms with E-state index in [0.717, 1.165) is 16.9 Å². The molecule has 1 aromatic carbocycles. The number of carbonyl (C=O) groups is 1. The number of halogens is 1. The zero-order valence-electron chi connectivity index (χ0n) is 11.1. The third-order valence-corrected chi connectivity index (χ3v) is 6.09. The van der Waals surface area contributed by atoms with Crippen LogP contribution in [0.2, 0.25) is 0 Å². The molecule has 5 nitrogen and oxygen atoms in total. The largest absolute Gasteiger partial charge is 0.325 e. The van der Waals surface area contributed by atoms with Gasteiger partial charge in [0.05, 0.1) is 10.3 Å². The van der Waals surface area contributed by atoms with Crippen LogP contribution in [0, 0.1) is 6.92 Å². The third kappa shape index (κ3) is 4.63. The van der Waals surface area contributed by atoms with E-state index in [1.54, 1.807) is 18.2 Å². The van der Waals surface area contributed by atoms with Crippen LogP contribution in [-0.4, -0.2) is 20.9 Å². The molecular weight excluding hydrogens is 376 g/mol. The number of hydrogen-bond acceptors (Lipinski definition) is 4. The summed E-state index contributed by atoms with van der Waals surface area (Å²) in [5.74, 6) is -0.418. The van der Waals surface area contributed by atoms with Crippen molar-refractivity contribution in [2.45, 2.75) is 11.1 Å². The number of sulfonamides is 1. The molecule has 0 atom stereocenters. The zero-order valence-corrected chi connectivity index (χ0v) is 14.3. The molecule has 21 heavy (non-hydrogen) atoms. The molecule has 0 bridgehead atoms. The van der Waals surface area contributed by atoms with E-state index in [1.807, 2.05) is 19.1 Å². The van der Waals surface area contributed by atoms with Gasteiger partial charge in [-0.15, -0.1) is 11.3 Å². The van der Waals surface area contributed by atoms with Gasteiger partial charge in [0.1, 0.15) is 4.21 Å². The van der Waals surface area contributed by atoms with Crippen molar-refractivity contribution in [2.75, 3.05) is 11.9 Å². The zero-order chi connectivity index (χ0) is 15.5. The highest BCUT2D eigenvalue weighted by molar-refractivity contribution is 9.11. The van der Waals surface area contributed by atoms with Gasteiger partial charge in [0.15, 0.2) is 0 Å². The normalized spacial score (nSPS) is 11.3. The third-order valence-electron chi connectivity index (χ3n) is 2.57. The van der Waals surface area contributed by atoms with E-state index in [1.165, 1.54) is 6.07 Å². The Kier molecular flexibility index (Phi) is 5.15. The molecule has 1 amide bonds. The van der Waals surface area contributed by atoms with Gasteiger partial charge in [-0.2, -0.15) is 0 Å². The average Bonchev–Trinajstić information content (AvgIpc) is 2.87. The fourth-order valence-corrected chi connectivity index (χ4v) is 4.55. The van der Waals surface area contributed by atoms with Gasteiger partial charge in [0.25, 0.3) is 10.0 Å². The lowest BCUT2D eigenvalue weighted by atomic mass is 10.2. The maximum atomic E-state index is 11.9. The first-order valence-electron chi connectivity index (χ1n) is 5.98. The van der Waals surface area contributed by atoms with Crippen molar-refractivity contribution in [1.82, 2.24) is 4.72 Å². The van der Waals surface area contributed by atoms with Gasteiger partial charge in [-0.25, -0.2) is 13.1 Å². The molecule has 0 aliphatic heterocycles. The summed E-state index contributed by atoms with van der Waals surface area (Å²) in [7, 11) is -3.66. The van der Waals surface area contributed by atoms with E-state index < -0.39 is 15.9 Å². The summed E-state index contributed by atoms with van der Waals surface area (Å²) in [5.41, 5.74) is 1.71. The van der Waals surface area contributed by atoms with Crippen LogP contribution in [0.15, 0.2) is 44.4 Å². The number of amides is 1. The monoisotopic (exact) mass is 388 g/mol. The smallest absolute Gasteiger partial charge is 0.250 e. The second-order valence-corrected chi connectivity index (χ2v) is 8.75. The number of aryl methyl sites for hydroxylation is 1. The maximum absolute atomic E-state index is 11.9. The molecule has 0 saturated carbocycles. The molecule has 0 unspecified atom stereocenters. The molecule has 112 valence electrons. The first-order chi connectivity index (χ1) is 9.87. The number of benzene rings is 1. The Morgan fingerprint density at radius 1 is 1.19 bits per heavy atom. The fourth-order valence-electron chi connectivity index (χ4n) is 1.52. The standard InChI is InChI=1S/C13H13BrN2O3S2/c1-9-2-4-10(5-3-9)16-12(17)8-15-21(18,19)13-7-6-11(14)20-13/h2-7,15H,8H2,1H3,(H,16,17). The molecule has 2 aromatic rings. The van der Waals surface area contributed by atoms with E-state index in [9.17, 15) is 13.2 Å². The van der Waals surface area contributed by atoms with Gasteiger partial charge in [0, 0.05) is 5.69 Å². The van der Waals surface area contributed by atoms with Gasteiger partial charge in [0.2, 0.25) is 5.91 Å². The summed E-state index contributed by atoms with van der Waals surface area (Å²) in [6.45, 7) is 1.63. The second-order valence-electron chi connectivity index (χ2n) is 4.30. The van der Waals surface area contributed by atoms with E-state index in [0.29, 0.717) is 9.47 Å². The van der Waals surface area contributed by atoms with Crippen LogP contribution in [0.25, 0.3) is 0 Å². The highest BCUT2D eigenvalue weighted by Crippen LogP contribution is 2.25. The Labute approximate surface area is 135 Å². The van der Waals surface area contributed by atoms with Gasteiger partial charge in [-0.05, 0) is 47.1 Å². The summed E-state index contributed by atoms with van der Waals surface area (Å²) in [6, 6.07) is 10.4. The van der Waals surface area contributed by atoms with Gasteiger partial charge in [-0.3, -0.25) is 4.79 Å². The van der Waals surface area contributed by atoms with Crippen LogP contribution in [-0.2, 0) is 14.8 Å². The van der Waals surface area contributed by atoms with Crippen molar-refractivity contribution in [3.63, 3.8) is 0 Å². The maximum Gasteiger partial charge on any atom is 0.250 e. The van der Waals surface area contributed by atoms with E-state index >= 15 is 0 Å². The lowest BCUT2D eigenvalue weighted by molar-refractivity contribution is -0.115. The molecule has 2 rings (SSSR count). The number of carbonyl (C=O) groups excluding carboxylic acids is 1. The average molecular weight is 389 g/mol. The first-order valence-corrected chi connectivity index (χ1v) is 9.07. The second kappa shape index (κ2) is 6.69. The SMILES string of the molecule is Cc1ccc(NC(=O)CNS(=O)(=O)c2ccc(Br)s2)cc1. The predicted molar refractivity (Wildman–Crippen MR) is 87.0 cm³/mol. The van der Waals surface area contributed by atoms with Crippen LogP contribution < -0.4 is 10.0 Å². The molecule has 1 heterocycles. The summed E-state index contributed by atoms with van der Waals surface area (Å²) in [5, 5.41) is 2.63. The molecule has 1 aromatic heterocycles. The summed E-state index contributed by atoms with van der Waals surface area (Å²) in [6.07, 6.45) is 0. The van der Waals surface area contributed by atoms with E-state index in [4.69, 9.17) is 0 Å². The summed E-state index contributed by atoms with van der Waals surface area (Å²) >= 11 is 4.29. The minimum absolute atomic E-state index is 0.164.